The summed E-state index contributed by atoms with van der Waals surface area (Å²) in [5.41, 5.74) is 8.57. The summed E-state index contributed by atoms with van der Waals surface area (Å²) >= 11 is 0. The number of anilines is 2. The molecule has 1 amide bonds. The fourth-order valence-electron chi connectivity index (χ4n) is 2.03. The number of nitrogens with one attached hydrogen (secondary N) is 1. The standard InChI is InChI=1S/C17H20N2O2/c1-11(2)21-14-8-5-7-13(10-14)17(20)19-16-12(3)6-4-9-15(16)18/h4-11H,18H2,1-3H3,(H,19,20). The molecule has 4 nitrogen and oxygen atoms in total. The first-order valence-electron chi connectivity index (χ1n) is 6.90. The second-order valence-corrected chi connectivity index (χ2v) is 5.19. The molecular formula is C17H20N2O2. The van der Waals surface area contributed by atoms with Gasteiger partial charge in [0.05, 0.1) is 17.5 Å². The molecule has 0 heterocycles. The van der Waals surface area contributed by atoms with E-state index in [9.17, 15) is 4.79 Å². The van der Waals surface area contributed by atoms with E-state index in [1.807, 2.05) is 39.0 Å². The highest BCUT2D eigenvalue weighted by molar-refractivity contribution is 6.06. The number of benzene rings is 2. The van der Waals surface area contributed by atoms with Gasteiger partial charge in [0, 0.05) is 5.56 Å². The zero-order chi connectivity index (χ0) is 15.4. The predicted molar refractivity (Wildman–Crippen MR) is 85.8 cm³/mol. The Morgan fingerprint density at radius 1 is 1.19 bits per heavy atom. The molecule has 0 saturated heterocycles. The summed E-state index contributed by atoms with van der Waals surface area (Å²) in [5.74, 6) is 0.473. The van der Waals surface area contributed by atoms with Crippen molar-refractivity contribution in [3.05, 3.63) is 53.6 Å². The highest BCUT2D eigenvalue weighted by Crippen LogP contribution is 2.24. The van der Waals surface area contributed by atoms with Gasteiger partial charge in [-0.15, -0.1) is 0 Å². The Hall–Kier alpha value is -2.49. The fourth-order valence-corrected chi connectivity index (χ4v) is 2.03. The summed E-state index contributed by atoms with van der Waals surface area (Å²) in [6, 6.07) is 12.6. The second-order valence-electron chi connectivity index (χ2n) is 5.19. The van der Waals surface area contributed by atoms with Crippen molar-refractivity contribution in [2.24, 2.45) is 0 Å². The Bertz CT molecular complexity index is 631. The minimum Gasteiger partial charge on any atom is -0.491 e. The molecule has 2 rings (SSSR count). The maximum Gasteiger partial charge on any atom is 0.255 e. The Balaban J connectivity index is 2.21. The molecular weight excluding hydrogens is 264 g/mol. The van der Waals surface area contributed by atoms with Crippen molar-refractivity contribution < 1.29 is 9.53 Å². The minimum absolute atomic E-state index is 0.0651. The largest absolute Gasteiger partial charge is 0.491 e. The quantitative estimate of drug-likeness (QED) is 0.843. The number of hydrogen-bond donors (Lipinski definition) is 2. The van der Waals surface area contributed by atoms with Crippen LogP contribution in [0.4, 0.5) is 11.4 Å². The lowest BCUT2D eigenvalue weighted by Crippen LogP contribution is -2.14. The number of hydrogen-bond acceptors (Lipinski definition) is 3. The molecule has 0 fully saturated rings. The Morgan fingerprint density at radius 2 is 1.90 bits per heavy atom. The van der Waals surface area contributed by atoms with Crippen molar-refractivity contribution in [3.63, 3.8) is 0 Å². The van der Waals surface area contributed by atoms with Crippen LogP contribution in [-0.2, 0) is 0 Å². The third-order valence-corrected chi connectivity index (χ3v) is 3.01. The van der Waals surface area contributed by atoms with E-state index in [-0.39, 0.29) is 12.0 Å². The predicted octanol–water partition coefficient (Wildman–Crippen LogP) is 3.62. The Labute approximate surface area is 124 Å². The van der Waals surface area contributed by atoms with Gasteiger partial charge in [-0.1, -0.05) is 18.2 Å². The maximum absolute atomic E-state index is 12.3. The molecule has 0 atom stereocenters. The van der Waals surface area contributed by atoms with Crippen LogP contribution in [0.3, 0.4) is 0 Å². The number of carbonyl (C=O) groups excluding carboxylic acids is 1. The summed E-state index contributed by atoms with van der Waals surface area (Å²) in [4.78, 5) is 12.3. The van der Waals surface area contributed by atoms with E-state index >= 15 is 0 Å². The van der Waals surface area contributed by atoms with E-state index in [4.69, 9.17) is 10.5 Å². The van der Waals surface area contributed by atoms with Crippen LogP contribution in [0.25, 0.3) is 0 Å². The number of nitrogens with two attached hydrogens (primary N) is 1. The van der Waals surface area contributed by atoms with Crippen molar-refractivity contribution in [3.8, 4) is 5.75 Å². The van der Waals surface area contributed by atoms with Gasteiger partial charge in [-0.3, -0.25) is 4.79 Å². The lowest BCUT2D eigenvalue weighted by atomic mass is 10.1. The number of carbonyl (C=O) groups is 1. The van der Waals surface area contributed by atoms with Gasteiger partial charge in [-0.2, -0.15) is 0 Å². The summed E-state index contributed by atoms with van der Waals surface area (Å²) in [6.45, 7) is 5.80. The monoisotopic (exact) mass is 284 g/mol. The minimum atomic E-state index is -0.204. The Morgan fingerprint density at radius 3 is 2.57 bits per heavy atom. The molecule has 0 spiro atoms. The highest BCUT2D eigenvalue weighted by Gasteiger charge is 2.11. The summed E-state index contributed by atoms with van der Waals surface area (Å²) in [5, 5.41) is 2.86. The molecule has 110 valence electrons. The van der Waals surface area contributed by atoms with Crippen LogP contribution < -0.4 is 15.8 Å². The topological polar surface area (TPSA) is 64.3 Å². The van der Waals surface area contributed by atoms with E-state index in [1.165, 1.54) is 0 Å². The third-order valence-electron chi connectivity index (χ3n) is 3.01. The molecule has 3 N–H and O–H groups in total. The first-order chi connectivity index (χ1) is 9.97. The van der Waals surface area contributed by atoms with Gasteiger partial charge >= 0.3 is 0 Å². The van der Waals surface area contributed by atoms with E-state index in [0.29, 0.717) is 22.7 Å². The van der Waals surface area contributed by atoms with Crippen LogP contribution in [0, 0.1) is 6.92 Å². The van der Waals surface area contributed by atoms with Crippen LogP contribution in [0.15, 0.2) is 42.5 Å². The van der Waals surface area contributed by atoms with Gasteiger partial charge in [0.1, 0.15) is 5.75 Å². The van der Waals surface area contributed by atoms with Gasteiger partial charge in [-0.25, -0.2) is 0 Å². The van der Waals surface area contributed by atoms with E-state index in [0.717, 1.165) is 5.56 Å². The number of nitrogen functional groups attached to an aromatic ring is 1. The molecule has 4 heteroatoms. The molecule has 0 bridgehead atoms. The van der Waals surface area contributed by atoms with Gasteiger partial charge in [-0.05, 0) is 50.6 Å². The molecule has 0 unspecified atom stereocenters. The van der Waals surface area contributed by atoms with Gasteiger partial charge < -0.3 is 15.8 Å². The lowest BCUT2D eigenvalue weighted by molar-refractivity contribution is 0.102. The van der Waals surface area contributed by atoms with Crippen molar-refractivity contribution in [1.29, 1.82) is 0 Å². The summed E-state index contributed by atoms with van der Waals surface area (Å²) < 4.78 is 5.60. The number of rotatable bonds is 4. The van der Waals surface area contributed by atoms with Crippen LogP contribution in [0.2, 0.25) is 0 Å². The summed E-state index contributed by atoms with van der Waals surface area (Å²) in [7, 11) is 0. The molecule has 0 radical (unpaired) electrons. The second kappa shape index (κ2) is 6.31. The van der Waals surface area contributed by atoms with Crippen molar-refractivity contribution >= 4 is 17.3 Å². The van der Waals surface area contributed by atoms with E-state index < -0.39 is 0 Å². The van der Waals surface area contributed by atoms with Crippen LogP contribution in [-0.4, -0.2) is 12.0 Å². The zero-order valence-electron chi connectivity index (χ0n) is 12.5. The average Bonchev–Trinajstić information content (AvgIpc) is 2.42. The molecule has 0 aliphatic rings. The van der Waals surface area contributed by atoms with Crippen molar-refractivity contribution in [2.75, 3.05) is 11.1 Å². The molecule has 21 heavy (non-hydrogen) atoms. The number of para-hydroxylation sites is 1. The molecule has 2 aromatic rings. The van der Waals surface area contributed by atoms with Gasteiger partial charge in [0.25, 0.3) is 5.91 Å². The number of aryl methyl sites for hydroxylation is 1. The molecule has 0 saturated carbocycles. The molecule has 0 aliphatic carbocycles. The van der Waals surface area contributed by atoms with Crippen LogP contribution in [0.1, 0.15) is 29.8 Å². The van der Waals surface area contributed by atoms with Crippen molar-refractivity contribution in [2.45, 2.75) is 26.9 Å². The maximum atomic E-state index is 12.3. The molecule has 2 aromatic carbocycles. The van der Waals surface area contributed by atoms with E-state index in [1.54, 1.807) is 24.3 Å². The first kappa shape index (κ1) is 14.9. The number of amides is 1. The summed E-state index contributed by atoms with van der Waals surface area (Å²) in [6.07, 6.45) is 0.0651. The van der Waals surface area contributed by atoms with E-state index in [2.05, 4.69) is 5.32 Å². The normalized spacial score (nSPS) is 10.5. The fraction of sp³-hybridized carbons (Fsp3) is 0.235. The third kappa shape index (κ3) is 3.75. The van der Waals surface area contributed by atoms with Crippen molar-refractivity contribution in [1.82, 2.24) is 0 Å². The first-order valence-corrected chi connectivity index (χ1v) is 6.90. The van der Waals surface area contributed by atoms with Crippen LogP contribution in [0.5, 0.6) is 5.75 Å². The SMILES string of the molecule is Cc1cccc(N)c1NC(=O)c1cccc(OC(C)C)c1. The Kier molecular flexibility index (Phi) is 4.48. The van der Waals surface area contributed by atoms with Crippen LogP contribution >= 0.6 is 0 Å². The average molecular weight is 284 g/mol. The van der Waals surface area contributed by atoms with Gasteiger partial charge in [0.15, 0.2) is 0 Å². The smallest absolute Gasteiger partial charge is 0.255 e. The molecule has 0 aliphatic heterocycles. The molecule has 0 aromatic heterocycles. The lowest BCUT2D eigenvalue weighted by Gasteiger charge is -2.13. The zero-order valence-corrected chi connectivity index (χ0v) is 12.5. The number of ether oxygens (including phenoxy) is 1. The van der Waals surface area contributed by atoms with Gasteiger partial charge in [0.2, 0.25) is 0 Å². The highest BCUT2D eigenvalue weighted by atomic mass is 16.5.